The number of hydrogen-bond donors (Lipinski definition) is 1. The molecule has 70 valence electrons. The predicted octanol–water partition coefficient (Wildman–Crippen LogP) is 2.13. The Kier molecular flexibility index (Phi) is 2.71. The molecular formula is C11H15NO. The van der Waals surface area contributed by atoms with E-state index in [1.165, 1.54) is 5.56 Å². The van der Waals surface area contributed by atoms with E-state index in [1.807, 2.05) is 37.3 Å². The first-order valence-corrected chi connectivity index (χ1v) is 4.14. The number of benzene rings is 1. The summed E-state index contributed by atoms with van der Waals surface area (Å²) in [5.74, 6) is 0.288. The molecule has 1 saturated heterocycles. The average molecular weight is 177 g/mol. The van der Waals surface area contributed by atoms with Gasteiger partial charge in [0.25, 0.3) is 0 Å². The molecule has 2 nitrogen and oxygen atoms in total. The molecule has 1 fully saturated rings. The maximum absolute atomic E-state index is 10.9. The lowest BCUT2D eigenvalue weighted by atomic mass is 9.87. The summed E-state index contributed by atoms with van der Waals surface area (Å²) in [5, 5.41) is 2.87. The fourth-order valence-corrected chi connectivity index (χ4v) is 1.50. The molecule has 13 heavy (non-hydrogen) atoms. The van der Waals surface area contributed by atoms with Crippen LogP contribution in [0.5, 0.6) is 0 Å². The van der Waals surface area contributed by atoms with E-state index < -0.39 is 0 Å². The molecule has 1 aromatic rings. The Morgan fingerprint density at radius 1 is 1.23 bits per heavy atom. The van der Waals surface area contributed by atoms with Crippen molar-refractivity contribution in [3.05, 3.63) is 35.9 Å². The van der Waals surface area contributed by atoms with Crippen LogP contribution in [0.15, 0.2) is 30.3 Å². The third-order valence-corrected chi connectivity index (χ3v) is 2.37. The van der Waals surface area contributed by atoms with Crippen molar-refractivity contribution < 1.29 is 4.79 Å². The Bertz CT molecular complexity index is 294. The molecule has 0 unspecified atom stereocenters. The molecule has 2 heteroatoms. The molecule has 2 rings (SSSR count). The van der Waals surface area contributed by atoms with E-state index in [4.69, 9.17) is 0 Å². The van der Waals surface area contributed by atoms with E-state index in [1.54, 1.807) is 0 Å². The zero-order chi connectivity index (χ0) is 8.55. The quantitative estimate of drug-likeness (QED) is 0.654. The highest BCUT2D eigenvalue weighted by Gasteiger charge is 2.35. The van der Waals surface area contributed by atoms with E-state index >= 15 is 0 Å². The third-order valence-electron chi connectivity index (χ3n) is 2.37. The Morgan fingerprint density at radius 2 is 1.85 bits per heavy atom. The van der Waals surface area contributed by atoms with Crippen LogP contribution in [0.2, 0.25) is 0 Å². The van der Waals surface area contributed by atoms with Crippen molar-refractivity contribution in [2.45, 2.75) is 20.4 Å². The average Bonchev–Trinajstić information content (AvgIpc) is 2.15. The molecule has 2 atom stereocenters. The number of nitrogens with one attached hydrogen (secondary N) is 1. The number of rotatable bonds is 1. The third kappa shape index (κ3) is 1.57. The van der Waals surface area contributed by atoms with Gasteiger partial charge in [0.05, 0.1) is 12.0 Å². The lowest BCUT2D eigenvalue weighted by Gasteiger charge is -2.34. The zero-order valence-corrected chi connectivity index (χ0v) is 6.95. The smallest absolute Gasteiger partial charge is 0.225 e. The summed E-state index contributed by atoms with van der Waals surface area (Å²) >= 11 is 0. The molecule has 0 radical (unpaired) electrons. The Hall–Kier alpha value is -1.31. The Morgan fingerprint density at radius 3 is 2.31 bits per heavy atom. The van der Waals surface area contributed by atoms with Crippen LogP contribution in [0.25, 0.3) is 0 Å². The van der Waals surface area contributed by atoms with Crippen molar-refractivity contribution >= 4 is 5.91 Å². The van der Waals surface area contributed by atoms with Gasteiger partial charge < -0.3 is 5.32 Å². The van der Waals surface area contributed by atoms with Crippen molar-refractivity contribution in [2.24, 2.45) is 5.92 Å². The molecule has 0 aromatic heterocycles. The van der Waals surface area contributed by atoms with Gasteiger partial charge in [-0.25, -0.2) is 0 Å². The number of β-lactam (4-membered cyclic amide) rings is 1. The second kappa shape index (κ2) is 3.60. The van der Waals surface area contributed by atoms with Gasteiger partial charge in [0, 0.05) is 0 Å². The Balaban J connectivity index is 0.000000845. The molecule has 1 amide bonds. The summed E-state index contributed by atoms with van der Waals surface area (Å²) in [4.78, 5) is 10.9. The number of carbonyl (C=O) groups excluding carboxylic acids is 1. The Labute approximate surface area is 79.0 Å². The first-order chi connectivity index (χ1) is 5.79. The van der Waals surface area contributed by atoms with Crippen molar-refractivity contribution in [1.82, 2.24) is 5.32 Å². The second-order valence-electron chi connectivity index (χ2n) is 3.19. The minimum Gasteiger partial charge on any atom is -0.348 e. The van der Waals surface area contributed by atoms with Crippen LogP contribution in [0.1, 0.15) is 26.0 Å². The molecule has 0 saturated carbocycles. The summed E-state index contributed by atoms with van der Waals surface area (Å²) in [6.45, 7) is 1.95. The van der Waals surface area contributed by atoms with Crippen LogP contribution in [-0.4, -0.2) is 5.91 Å². The van der Waals surface area contributed by atoms with Gasteiger partial charge in [0.15, 0.2) is 0 Å². The largest absolute Gasteiger partial charge is 0.348 e. The highest BCUT2D eigenvalue weighted by molar-refractivity contribution is 5.85. The second-order valence-corrected chi connectivity index (χ2v) is 3.19. The van der Waals surface area contributed by atoms with Gasteiger partial charge in [-0.05, 0) is 5.56 Å². The zero-order valence-electron chi connectivity index (χ0n) is 6.95. The minimum atomic E-state index is 0. The van der Waals surface area contributed by atoms with Crippen LogP contribution in [0.3, 0.4) is 0 Å². The summed E-state index contributed by atoms with van der Waals surface area (Å²) in [6, 6.07) is 10.3. The molecule has 1 heterocycles. The van der Waals surface area contributed by atoms with Crippen molar-refractivity contribution in [3.8, 4) is 0 Å². The molecule has 0 aliphatic carbocycles. The highest BCUT2D eigenvalue weighted by Crippen LogP contribution is 2.29. The lowest BCUT2D eigenvalue weighted by Crippen LogP contribution is -2.49. The van der Waals surface area contributed by atoms with Gasteiger partial charge in [-0.1, -0.05) is 44.7 Å². The summed E-state index contributed by atoms with van der Waals surface area (Å²) < 4.78 is 0. The predicted molar refractivity (Wildman–Crippen MR) is 53.2 cm³/mol. The topological polar surface area (TPSA) is 29.1 Å². The number of amides is 1. The molecule has 0 bridgehead atoms. The van der Waals surface area contributed by atoms with E-state index in [-0.39, 0.29) is 25.3 Å². The van der Waals surface area contributed by atoms with Crippen LogP contribution in [-0.2, 0) is 4.79 Å². The standard InChI is InChI=1S/C10H11NO.CH4/c1-7-9(11-10(7)12)8-5-3-2-4-6-8;/h2-7,9H,1H3,(H,11,12);1H4/t7-,9-;/m1./s1. The van der Waals surface area contributed by atoms with Crippen molar-refractivity contribution in [3.63, 3.8) is 0 Å². The van der Waals surface area contributed by atoms with Gasteiger partial charge in [0.2, 0.25) is 5.91 Å². The minimum absolute atomic E-state index is 0. The summed E-state index contributed by atoms with van der Waals surface area (Å²) in [7, 11) is 0. The van der Waals surface area contributed by atoms with Gasteiger partial charge in [-0.15, -0.1) is 0 Å². The van der Waals surface area contributed by atoms with Gasteiger partial charge in [0.1, 0.15) is 0 Å². The maximum Gasteiger partial charge on any atom is 0.225 e. The van der Waals surface area contributed by atoms with Crippen LogP contribution >= 0.6 is 0 Å². The van der Waals surface area contributed by atoms with Crippen LogP contribution in [0, 0.1) is 5.92 Å². The van der Waals surface area contributed by atoms with Gasteiger partial charge >= 0.3 is 0 Å². The van der Waals surface area contributed by atoms with Gasteiger partial charge in [-0.2, -0.15) is 0 Å². The molecule has 1 aromatic carbocycles. The van der Waals surface area contributed by atoms with E-state index in [2.05, 4.69) is 5.32 Å². The van der Waals surface area contributed by atoms with Crippen molar-refractivity contribution in [1.29, 1.82) is 0 Å². The fraction of sp³-hybridized carbons (Fsp3) is 0.364. The van der Waals surface area contributed by atoms with Crippen LogP contribution < -0.4 is 5.32 Å². The first kappa shape index (κ1) is 9.78. The first-order valence-electron chi connectivity index (χ1n) is 4.14. The fourth-order valence-electron chi connectivity index (χ4n) is 1.50. The maximum atomic E-state index is 10.9. The molecular weight excluding hydrogens is 162 g/mol. The lowest BCUT2D eigenvalue weighted by molar-refractivity contribution is -0.134. The monoisotopic (exact) mass is 177 g/mol. The van der Waals surface area contributed by atoms with E-state index in [0.717, 1.165) is 0 Å². The highest BCUT2D eigenvalue weighted by atomic mass is 16.2. The number of hydrogen-bond acceptors (Lipinski definition) is 1. The summed E-state index contributed by atoms with van der Waals surface area (Å²) in [5.41, 5.74) is 1.20. The molecule has 1 aliphatic rings. The van der Waals surface area contributed by atoms with Crippen LogP contribution in [0.4, 0.5) is 0 Å². The molecule has 1 N–H and O–H groups in total. The SMILES string of the molecule is C.C[C@H]1C(=O)N[C@H]1c1ccccc1. The normalized spacial score (nSPS) is 25.5. The van der Waals surface area contributed by atoms with Crippen molar-refractivity contribution in [2.75, 3.05) is 0 Å². The molecule has 0 spiro atoms. The summed E-state index contributed by atoms with van der Waals surface area (Å²) in [6.07, 6.45) is 0. The van der Waals surface area contributed by atoms with Gasteiger partial charge in [-0.3, -0.25) is 4.79 Å². The number of carbonyl (C=O) groups is 1. The van der Waals surface area contributed by atoms with E-state index in [0.29, 0.717) is 0 Å². The molecule has 1 aliphatic heterocycles. The van der Waals surface area contributed by atoms with E-state index in [9.17, 15) is 4.79 Å².